The standard InChI is InChI=1S/C15H19N3O5/c19-15(16-8-12-9-22-5-6-23-12)10-1-4-13(17-11-2-3-11)14(7-10)18(20)21/h1,4,7,11-12,17H,2-3,5-6,8-9H2,(H,16,19)/t12-/m1/s1. The molecular formula is C15H19N3O5. The van der Waals surface area contributed by atoms with Crippen molar-refractivity contribution >= 4 is 17.3 Å². The molecule has 23 heavy (non-hydrogen) atoms. The third-order valence-corrected chi connectivity index (χ3v) is 3.77. The van der Waals surface area contributed by atoms with Crippen molar-refractivity contribution in [3.8, 4) is 0 Å². The number of amides is 1. The van der Waals surface area contributed by atoms with E-state index in [1.54, 1.807) is 12.1 Å². The van der Waals surface area contributed by atoms with Gasteiger partial charge in [0, 0.05) is 24.2 Å². The average Bonchev–Trinajstić information content (AvgIpc) is 3.37. The number of rotatable bonds is 6. The summed E-state index contributed by atoms with van der Waals surface area (Å²) >= 11 is 0. The van der Waals surface area contributed by atoms with Crippen molar-refractivity contribution in [3.05, 3.63) is 33.9 Å². The first-order chi connectivity index (χ1) is 11.1. The Hall–Kier alpha value is -2.19. The lowest BCUT2D eigenvalue weighted by Crippen LogP contribution is -2.39. The molecule has 0 aromatic heterocycles. The van der Waals surface area contributed by atoms with E-state index in [9.17, 15) is 14.9 Å². The zero-order valence-corrected chi connectivity index (χ0v) is 12.6. The molecule has 1 aromatic rings. The summed E-state index contributed by atoms with van der Waals surface area (Å²) in [7, 11) is 0. The maximum Gasteiger partial charge on any atom is 0.293 e. The van der Waals surface area contributed by atoms with Crippen LogP contribution in [0.2, 0.25) is 0 Å². The highest BCUT2D eigenvalue weighted by atomic mass is 16.6. The zero-order valence-electron chi connectivity index (χ0n) is 12.6. The van der Waals surface area contributed by atoms with Gasteiger partial charge in [-0.3, -0.25) is 14.9 Å². The van der Waals surface area contributed by atoms with Gasteiger partial charge in [0.2, 0.25) is 0 Å². The fourth-order valence-corrected chi connectivity index (χ4v) is 2.36. The molecule has 8 heteroatoms. The SMILES string of the molecule is O=C(NC[C@@H]1COCCO1)c1ccc(NC2CC2)c([N+](=O)[O-])c1. The van der Waals surface area contributed by atoms with Crippen LogP contribution in [0.4, 0.5) is 11.4 Å². The molecule has 0 unspecified atom stereocenters. The number of anilines is 1. The molecule has 1 heterocycles. The minimum Gasteiger partial charge on any atom is -0.377 e. The van der Waals surface area contributed by atoms with Gasteiger partial charge < -0.3 is 20.1 Å². The quantitative estimate of drug-likeness (QED) is 0.605. The second-order valence-electron chi connectivity index (χ2n) is 5.69. The number of benzene rings is 1. The van der Waals surface area contributed by atoms with E-state index in [2.05, 4.69) is 10.6 Å². The van der Waals surface area contributed by atoms with Gasteiger partial charge in [0.05, 0.1) is 30.8 Å². The van der Waals surface area contributed by atoms with Crippen LogP contribution >= 0.6 is 0 Å². The second kappa shape index (κ2) is 6.93. The lowest BCUT2D eigenvalue weighted by atomic mass is 10.1. The number of carbonyl (C=O) groups is 1. The summed E-state index contributed by atoms with van der Waals surface area (Å²) in [6, 6.07) is 4.78. The first-order valence-electron chi connectivity index (χ1n) is 7.66. The van der Waals surface area contributed by atoms with Gasteiger partial charge in [-0.25, -0.2) is 0 Å². The fourth-order valence-electron chi connectivity index (χ4n) is 2.36. The molecule has 1 aromatic carbocycles. The molecule has 2 fully saturated rings. The molecule has 2 N–H and O–H groups in total. The van der Waals surface area contributed by atoms with E-state index in [1.165, 1.54) is 6.07 Å². The molecule has 0 bridgehead atoms. The molecule has 1 aliphatic carbocycles. The largest absolute Gasteiger partial charge is 0.377 e. The Morgan fingerprint density at radius 1 is 1.35 bits per heavy atom. The van der Waals surface area contributed by atoms with Crippen LogP contribution in [-0.2, 0) is 9.47 Å². The number of nitro benzene ring substituents is 1. The zero-order chi connectivity index (χ0) is 16.2. The van der Waals surface area contributed by atoms with Crippen molar-refractivity contribution in [3.63, 3.8) is 0 Å². The third-order valence-electron chi connectivity index (χ3n) is 3.77. The molecule has 1 atom stereocenters. The van der Waals surface area contributed by atoms with E-state index in [1.807, 2.05) is 0 Å². The Morgan fingerprint density at radius 2 is 2.17 bits per heavy atom. The van der Waals surface area contributed by atoms with Crippen molar-refractivity contribution in [1.82, 2.24) is 5.32 Å². The normalized spacial score (nSPS) is 20.8. The highest BCUT2D eigenvalue weighted by Gasteiger charge is 2.25. The third kappa shape index (κ3) is 4.17. The van der Waals surface area contributed by atoms with E-state index in [4.69, 9.17) is 9.47 Å². The monoisotopic (exact) mass is 321 g/mol. The number of hydrogen-bond donors (Lipinski definition) is 2. The van der Waals surface area contributed by atoms with Gasteiger partial charge in [-0.1, -0.05) is 0 Å². The Labute approximate surface area is 133 Å². The Balaban J connectivity index is 1.64. The fraction of sp³-hybridized carbons (Fsp3) is 0.533. The van der Waals surface area contributed by atoms with E-state index >= 15 is 0 Å². The van der Waals surface area contributed by atoms with Crippen LogP contribution in [0.5, 0.6) is 0 Å². The molecule has 1 aliphatic heterocycles. The summed E-state index contributed by atoms with van der Waals surface area (Å²) in [6.07, 6.45) is 1.85. The first kappa shape index (κ1) is 15.7. The number of nitrogens with zero attached hydrogens (tertiary/aromatic N) is 1. The highest BCUT2D eigenvalue weighted by Crippen LogP contribution is 2.31. The van der Waals surface area contributed by atoms with Crippen LogP contribution in [-0.4, -0.2) is 49.3 Å². The number of nitro groups is 1. The molecule has 1 saturated carbocycles. The highest BCUT2D eigenvalue weighted by molar-refractivity contribution is 5.95. The molecular weight excluding hydrogens is 302 g/mol. The van der Waals surface area contributed by atoms with E-state index in [-0.39, 0.29) is 23.3 Å². The van der Waals surface area contributed by atoms with E-state index in [0.717, 1.165) is 12.8 Å². The van der Waals surface area contributed by atoms with Crippen molar-refractivity contribution in [2.75, 3.05) is 31.7 Å². The van der Waals surface area contributed by atoms with Crippen molar-refractivity contribution in [2.45, 2.75) is 25.0 Å². The van der Waals surface area contributed by atoms with Gasteiger partial charge >= 0.3 is 0 Å². The summed E-state index contributed by atoms with van der Waals surface area (Å²) in [4.78, 5) is 22.9. The number of hydrogen-bond acceptors (Lipinski definition) is 6. The van der Waals surface area contributed by atoms with E-state index in [0.29, 0.717) is 38.1 Å². The van der Waals surface area contributed by atoms with Gasteiger partial charge in [-0.2, -0.15) is 0 Å². The summed E-state index contributed by atoms with van der Waals surface area (Å²) < 4.78 is 10.7. The second-order valence-corrected chi connectivity index (χ2v) is 5.69. The number of carbonyl (C=O) groups excluding carboxylic acids is 1. The summed E-state index contributed by atoms with van der Waals surface area (Å²) in [5.41, 5.74) is 0.634. The molecule has 124 valence electrons. The molecule has 0 spiro atoms. The maximum absolute atomic E-state index is 12.2. The Bertz CT molecular complexity index is 597. The van der Waals surface area contributed by atoms with Crippen molar-refractivity contribution in [2.24, 2.45) is 0 Å². The maximum atomic E-state index is 12.2. The van der Waals surface area contributed by atoms with Gasteiger partial charge in [0.15, 0.2) is 0 Å². The van der Waals surface area contributed by atoms with Gasteiger partial charge in [-0.15, -0.1) is 0 Å². The van der Waals surface area contributed by atoms with Crippen LogP contribution < -0.4 is 10.6 Å². The molecule has 1 amide bonds. The van der Waals surface area contributed by atoms with Crippen LogP contribution in [0.3, 0.4) is 0 Å². The first-order valence-corrected chi connectivity index (χ1v) is 7.66. The number of nitrogens with one attached hydrogen (secondary N) is 2. The lowest BCUT2D eigenvalue weighted by Gasteiger charge is -2.23. The van der Waals surface area contributed by atoms with Gasteiger partial charge in [-0.05, 0) is 25.0 Å². The summed E-state index contributed by atoms with van der Waals surface area (Å²) in [5, 5.41) is 17.0. The van der Waals surface area contributed by atoms with E-state index < -0.39 is 4.92 Å². The predicted octanol–water partition coefficient (Wildman–Crippen LogP) is 1.31. The predicted molar refractivity (Wildman–Crippen MR) is 82.6 cm³/mol. The lowest BCUT2D eigenvalue weighted by molar-refractivity contribution is -0.384. The molecule has 0 radical (unpaired) electrons. The van der Waals surface area contributed by atoms with Crippen LogP contribution in [0.1, 0.15) is 23.2 Å². The van der Waals surface area contributed by atoms with Gasteiger partial charge in [0.1, 0.15) is 5.69 Å². The Morgan fingerprint density at radius 3 is 2.83 bits per heavy atom. The van der Waals surface area contributed by atoms with Crippen LogP contribution in [0, 0.1) is 10.1 Å². The summed E-state index contributed by atoms with van der Waals surface area (Å²) in [6.45, 7) is 1.82. The summed E-state index contributed by atoms with van der Waals surface area (Å²) in [5.74, 6) is -0.361. The minimum atomic E-state index is -0.473. The topological polar surface area (TPSA) is 103 Å². The molecule has 3 rings (SSSR count). The van der Waals surface area contributed by atoms with Crippen LogP contribution in [0.15, 0.2) is 18.2 Å². The van der Waals surface area contributed by atoms with Crippen molar-refractivity contribution < 1.29 is 19.2 Å². The Kier molecular flexibility index (Phi) is 4.73. The molecule has 1 saturated heterocycles. The molecule has 2 aliphatic rings. The van der Waals surface area contributed by atoms with Crippen LogP contribution in [0.25, 0.3) is 0 Å². The minimum absolute atomic E-state index is 0.0817. The smallest absolute Gasteiger partial charge is 0.293 e. The average molecular weight is 321 g/mol. The molecule has 8 nitrogen and oxygen atoms in total. The number of ether oxygens (including phenoxy) is 2. The van der Waals surface area contributed by atoms with Gasteiger partial charge in [0.25, 0.3) is 11.6 Å². The van der Waals surface area contributed by atoms with Crippen molar-refractivity contribution in [1.29, 1.82) is 0 Å².